The zero-order valence-corrected chi connectivity index (χ0v) is 12.2. The highest BCUT2D eigenvalue weighted by Gasteiger charge is 2.23. The molecule has 1 aliphatic rings. The fourth-order valence-corrected chi connectivity index (χ4v) is 3.07. The summed E-state index contributed by atoms with van der Waals surface area (Å²) in [7, 11) is 0. The molecule has 1 atom stereocenters. The summed E-state index contributed by atoms with van der Waals surface area (Å²) in [5, 5.41) is 6.10. The molecule has 1 unspecified atom stereocenters. The Hall–Kier alpha value is -1.61. The zero-order chi connectivity index (χ0) is 13.8. The highest BCUT2D eigenvalue weighted by atomic mass is 15.2. The van der Waals surface area contributed by atoms with Crippen molar-refractivity contribution in [3.63, 3.8) is 0 Å². The molecule has 0 aliphatic carbocycles. The number of hydrogen-bond donors (Lipinski definition) is 1. The van der Waals surface area contributed by atoms with Crippen LogP contribution < -0.4 is 10.2 Å². The van der Waals surface area contributed by atoms with Crippen LogP contribution in [-0.2, 0) is 0 Å². The lowest BCUT2D eigenvalue weighted by Gasteiger charge is -2.20. The van der Waals surface area contributed by atoms with Crippen LogP contribution in [-0.4, -0.2) is 31.2 Å². The quantitative estimate of drug-likeness (QED) is 0.846. The molecule has 0 radical (unpaired) electrons. The summed E-state index contributed by atoms with van der Waals surface area (Å²) in [6, 6.07) is 8.64. The summed E-state index contributed by atoms with van der Waals surface area (Å²) in [4.78, 5) is 6.80. The molecule has 3 rings (SSSR count). The first kappa shape index (κ1) is 13.4. The Kier molecular flexibility index (Phi) is 4.16. The van der Waals surface area contributed by atoms with Gasteiger partial charge in [0.05, 0.1) is 0 Å². The summed E-state index contributed by atoms with van der Waals surface area (Å²) < 4.78 is 0. The average Bonchev–Trinajstić information content (AvgIpc) is 2.96. The van der Waals surface area contributed by atoms with E-state index in [1.165, 1.54) is 29.3 Å². The number of nitrogens with zero attached hydrogens (tertiary/aromatic N) is 2. The van der Waals surface area contributed by atoms with E-state index >= 15 is 0 Å². The molecule has 1 N–H and O–H groups in total. The van der Waals surface area contributed by atoms with Crippen LogP contribution in [0.1, 0.15) is 19.8 Å². The van der Waals surface area contributed by atoms with E-state index in [0.717, 1.165) is 32.1 Å². The minimum Gasteiger partial charge on any atom is -0.371 e. The lowest BCUT2D eigenvalue weighted by atomic mass is 10.1. The Morgan fingerprint density at radius 2 is 2.30 bits per heavy atom. The van der Waals surface area contributed by atoms with Gasteiger partial charge in [0.25, 0.3) is 0 Å². The molecule has 2 heterocycles. The molecule has 3 heteroatoms. The molecule has 0 bridgehead atoms. The number of hydrogen-bond acceptors (Lipinski definition) is 3. The predicted octanol–water partition coefficient (Wildman–Crippen LogP) is 3.06. The minimum atomic E-state index is 0.772. The molecule has 106 valence electrons. The molecule has 1 aromatic heterocycles. The molecule has 20 heavy (non-hydrogen) atoms. The summed E-state index contributed by atoms with van der Waals surface area (Å²) in [6.45, 7) is 6.82. The highest BCUT2D eigenvalue weighted by Crippen LogP contribution is 2.30. The molecular formula is C17H23N3. The van der Waals surface area contributed by atoms with E-state index in [9.17, 15) is 0 Å². The van der Waals surface area contributed by atoms with Gasteiger partial charge in [-0.15, -0.1) is 0 Å². The lowest BCUT2D eigenvalue weighted by Crippen LogP contribution is -2.26. The topological polar surface area (TPSA) is 28.2 Å². The summed E-state index contributed by atoms with van der Waals surface area (Å²) >= 11 is 0. The Bertz CT molecular complexity index is 562. The third kappa shape index (κ3) is 2.78. The number of benzene rings is 1. The van der Waals surface area contributed by atoms with E-state index in [1.54, 1.807) is 0 Å². The first-order chi connectivity index (χ1) is 9.88. The molecule has 0 saturated carbocycles. The second kappa shape index (κ2) is 6.23. The van der Waals surface area contributed by atoms with E-state index in [4.69, 9.17) is 0 Å². The van der Waals surface area contributed by atoms with Crippen LogP contribution in [0.2, 0.25) is 0 Å². The van der Waals surface area contributed by atoms with Crippen molar-refractivity contribution in [1.82, 2.24) is 10.3 Å². The molecule has 2 aromatic rings. The Labute approximate surface area is 121 Å². The number of fused-ring (bicyclic) bond motifs is 1. The highest BCUT2D eigenvalue weighted by molar-refractivity contribution is 5.93. The van der Waals surface area contributed by atoms with Gasteiger partial charge in [0.2, 0.25) is 0 Å². The smallest absolute Gasteiger partial charge is 0.0461 e. The van der Waals surface area contributed by atoms with Crippen LogP contribution >= 0.6 is 0 Å². The van der Waals surface area contributed by atoms with E-state index < -0.39 is 0 Å². The molecule has 1 saturated heterocycles. The van der Waals surface area contributed by atoms with Crippen molar-refractivity contribution in [1.29, 1.82) is 0 Å². The van der Waals surface area contributed by atoms with Crippen LogP contribution in [0.25, 0.3) is 10.8 Å². The maximum absolute atomic E-state index is 4.29. The second-order valence-electron chi connectivity index (χ2n) is 5.68. The predicted molar refractivity (Wildman–Crippen MR) is 85.2 cm³/mol. The fraction of sp³-hybridized carbons (Fsp3) is 0.471. The van der Waals surface area contributed by atoms with Gasteiger partial charge >= 0.3 is 0 Å². The number of rotatable bonds is 5. The third-order valence-electron chi connectivity index (χ3n) is 4.15. The van der Waals surface area contributed by atoms with Gasteiger partial charge in [-0.1, -0.05) is 19.1 Å². The van der Waals surface area contributed by atoms with Gasteiger partial charge in [0.1, 0.15) is 0 Å². The van der Waals surface area contributed by atoms with Crippen LogP contribution in [0.3, 0.4) is 0 Å². The van der Waals surface area contributed by atoms with E-state index in [2.05, 4.69) is 46.4 Å². The largest absolute Gasteiger partial charge is 0.371 e. The van der Waals surface area contributed by atoms with Gasteiger partial charge in [-0.25, -0.2) is 0 Å². The Morgan fingerprint density at radius 1 is 1.35 bits per heavy atom. The van der Waals surface area contributed by atoms with Crippen molar-refractivity contribution in [2.45, 2.75) is 19.8 Å². The van der Waals surface area contributed by atoms with Gasteiger partial charge in [-0.05, 0) is 49.4 Å². The maximum atomic E-state index is 4.29. The van der Waals surface area contributed by atoms with Crippen LogP contribution in [0, 0.1) is 5.92 Å². The van der Waals surface area contributed by atoms with Crippen LogP contribution in [0.15, 0.2) is 36.7 Å². The van der Waals surface area contributed by atoms with Gasteiger partial charge in [-0.2, -0.15) is 0 Å². The normalized spacial score (nSPS) is 18.9. The molecule has 1 fully saturated rings. The van der Waals surface area contributed by atoms with Crippen molar-refractivity contribution >= 4 is 16.5 Å². The van der Waals surface area contributed by atoms with Crippen LogP contribution in [0.4, 0.5) is 5.69 Å². The Balaban J connectivity index is 1.73. The first-order valence-corrected chi connectivity index (χ1v) is 7.67. The van der Waals surface area contributed by atoms with Crippen molar-refractivity contribution in [2.24, 2.45) is 5.92 Å². The van der Waals surface area contributed by atoms with Gasteiger partial charge in [0.15, 0.2) is 0 Å². The SMILES string of the molecule is CCCNCC1CCN(c2cccc3ccncc23)C1. The van der Waals surface area contributed by atoms with E-state index in [1.807, 2.05) is 12.4 Å². The number of anilines is 1. The summed E-state index contributed by atoms with van der Waals surface area (Å²) in [5.74, 6) is 0.772. The Morgan fingerprint density at radius 3 is 3.20 bits per heavy atom. The molecule has 0 spiro atoms. The number of pyridine rings is 1. The number of nitrogens with one attached hydrogen (secondary N) is 1. The van der Waals surface area contributed by atoms with Crippen molar-refractivity contribution in [2.75, 3.05) is 31.1 Å². The summed E-state index contributed by atoms with van der Waals surface area (Å²) in [6.07, 6.45) is 6.36. The lowest BCUT2D eigenvalue weighted by molar-refractivity contribution is 0.516. The van der Waals surface area contributed by atoms with Crippen LogP contribution in [0.5, 0.6) is 0 Å². The van der Waals surface area contributed by atoms with Gasteiger partial charge in [0, 0.05) is 36.6 Å². The zero-order valence-electron chi connectivity index (χ0n) is 12.2. The van der Waals surface area contributed by atoms with Gasteiger partial charge in [-0.3, -0.25) is 4.98 Å². The molecule has 0 amide bonds. The monoisotopic (exact) mass is 269 g/mol. The van der Waals surface area contributed by atoms with Gasteiger partial charge < -0.3 is 10.2 Å². The third-order valence-corrected chi connectivity index (χ3v) is 4.15. The van der Waals surface area contributed by atoms with Crippen molar-refractivity contribution < 1.29 is 0 Å². The average molecular weight is 269 g/mol. The van der Waals surface area contributed by atoms with Crippen molar-refractivity contribution in [3.05, 3.63) is 36.7 Å². The first-order valence-electron chi connectivity index (χ1n) is 7.67. The minimum absolute atomic E-state index is 0.772. The van der Waals surface area contributed by atoms with E-state index in [-0.39, 0.29) is 0 Å². The molecular weight excluding hydrogens is 246 g/mol. The standard InChI is InChI=1S/C17H23N3/c1-2-8-18-11-14-7-10-20(13-14)17-5-3-4-15-6-9-19-12-16(15)17/h3-6,9,12,14,18H,2,7-8,10-11,13H2,1H3. The molecule has 1 aliphatic heterocycles. The fourth-order valence-electron chi connectivity index (χ4n) is 3.07. The second-order valence-corrected chi connectivity index (χ2v) is 5.68. The maximum Gasteiger partial charge on any atom is 0.0461 e. The molecule has 1 aromatic carbocycles. The molecule has 3 nitrogen and oxygen atoms in total. The van der Waals surface area contributed by atoms with E-state index in [0.29, 0.717) is 0 Å². The van der Waals surface area contributed by atoms with Crippen molar-refractivity contribution in [3.8, 4) is 0 Å². The number of aromatic nitrogens is 1. The summed E-state index contributed by atoms with van der Waals surface area (Å²) in [5.41, 5.74) is 1.34.